The van der Waals surface area contributed by atoms with Crippen LogP contribution in [0.1, 0.15) is 39.0 Å². The van der Waals surface area contributed by atoms with Gasteiger partial charge >= 0.3 is 0 Å². The topological polar surface area (TPSA) is 35.6 Å². The number of hydrogen-bond acceptors (Lipinski definition) is 3. The number of amides is 1. The van der Waals surface area contributed by atoms with Gasteiger partial charge in [-0.05, 0) is 52.7 Å². The normalized spacial score (nSPS) is 29.8. The molecule has 0 bridgehead atoms. The van der Waals surface area contributed by atoms with Gasteiger partial charge in [0.2, 0.25) is 5.91 Å². The lowest BCUT2D eigenvalue weighted by Crippen LogP contribution is -2.54. The summed E-state index contributed by atoms with van der Waals surface area (Å²) >= 11 is 0. The highest BCUT2D eigenvalue weighted by molar-refractivity contribution is 5.83. The van der Waals surface area contributed by atoms with E-state index in [2.05, 4.69) is 36.1 Å². The van der Waals surface area contributed by atoms with Crippen LogP contribution in [0.25, 0.3) is 0 Å². The maximum atomic E-state index is 12.9. The molecular weight excluding hydrogens is 238 g/mol. The van der Waals surface area contributed by atoms with Gasteiger partial charge in [-0.1, -0.05) is 6.92 Å². The predicted octanol–water partition coefficient (Wildman–Crippen LogP) is 1.32. The van der Waals surface area contributed by atoms with Crippen molar-refractivity contribution >= 4 is 5.91 Å². The first-order valence-electron chi connectivity index (χ1n) is 7.75. The maximum absolute atomic E-state index is 12.9. The van der Waals surface area contributed by atoms with Crippen LogP contribution in [0.3, 0.4) is 0 Å². The fourth-order valence-electron chi connectivity index (χ4n) is 3.52. The first-order valence-corrected chi connectivity index (χ1v) is 7.75. The van der Waals surface area contributed by atoms with Crippen LogP contribution in [0.5, 0.6) is 0 Å². The number of nitrogens with zero attached hydrogens (tertiary/aromatic N) is 2. The molecule has 4 heteroatoms. The summed E-state index contributed by atoms with van der Waals surface area (Å²) in [5.74, 6) is 0.402. The molecule has 0 aromatic carbocycles. The second kappa shape index (κ2) is 6.23. The van der Waals surface area contributed by atoms with Crippen molar-refractivity contribution in [1.82, 2.24) is 15.1 Å². The van der Waals surface area contributed by atoms with E-state index in [0.717, 1.165) is 58.3 Å². The van der Waals surface area contributed by atoms with Crippen molar-refractivity contribution in [2.75, 3.05) is 40.3 Å². The Bertz CT molecular complexity index is 303. The summed E-state index contributed by atoms with van der Waals surface area (Å²) in [6.45, 7) is 5.97. The average Bonchev–Trinajstić information content (AvgIpc) is 2.47. The van der Waals surface area contributed by atoms with Gasteiger partial charge in [-0.2, -0.15) is 0 Å². The quantitative estimate of drug-likeness (QED) is 0.838. The lowest BCUT2D eigenvalue weighted by atomic mass is 9.76. The van der Waals surface area contributed by atoms with Crippen LogP contribution in [0.4, 0.5) is 0 Å². The number of likely N-dealkylation sites (tertiary alicyclic amines) is 1. The Kier molecular flexibility index (Phi) is 4.85. The summed E-state index contributed by atoms with van der Waals surface area (Å²) in [6.07, 6.45) is 5.39. The monoisotopic (exact) mass is 267 g/mol. The Labute approximate surface area is 117 Å². The number of carbonyl (C=O) groups is 1. The SMILES string of the molecule is CCC1(C(=O)N2CCC(N(C)C)CC2)CCCNC1. The second-order valence-electron chi connectivity index (χ2n) is 6.40. The number of rotatable bonds is 3. The van der Waals surface area contributed by atoms with Crippen LogP contribution in [0.2, 0.25) is 0 Å². The summed E-state index contributed by atoms with van der Waals surface area (Å²) in [5, 5.41) is 3.42. The molecule has 2 rings (SSSR count). The smallest absolute Gasteiger partial charge is 0.230 e. The van der Waals surface area contributed by atoms with E-state index in [4.69, 9.17) is 0 Å². The van der Waals surface area contributed by atoms with Crippen LogP contribution >= 0.6 is 0 Å². The lowest BCUT2D eigenvalue weighted by Gasteiger charge is -2.42. The fraction of sp³-hybridized carbons (Fsp3) is 0.933. The Morgan fingerprint density at radius 1 is 1.37 bits per heavy atom. The minimum absolute atomic E-state index is 0.122. The van der Waals surface area contributed by atoms with Crippen LogP contribution in [-0.2, 0) is 4.79 Å². The molecule has 0 aromatic rings. The van der Waals surface area contributed by atoms with Crippen LogP contribution in [0.15, 0.2) is 0 Å². The van der Waals surface area contributed by atoms with Crippen molar-refractivity contribution in [3.05, 3.63) is 0 Å². The summed E-state index contributed by atoms with van der Waals surface area (Å²) in [4.78, 5) is 17.3. The zero-order valence-corrected chi connectivity index (χ0v) is 12.7. The van der Waals surface area contributed by atoms with Crippen molar-refractivity contribution < 1.29 is 4.79 Å². The fourth-order valence-corrected chi connectivity index (χ4v) is 3.52. The molecule has 0 aliphatic carbocycles. The van der Waals surface area contributed by atoms with Gasteiger partial charge in [0.05, 0.1) is 5.41 Å². The molecule has 2 fully saturated rings. The highest BCUT2D eigenvalue weighted by atomic mass is 16.2. The second-order valence-corrected chi connectivity index (χ2v) is 6.40. The van der Waals surface area contributed by atoms with Crippen molar-refractivity contribution in [2.24, 2.45) is 5.41 Å². The van der Waals surface area contributed by atoms with Crippen molar-refractivity contribution in [3.8, 4) is 0 Å². The summed E-state index contributed by atoms with van der Waals surface area (Å²) < 4.78 is 0. The van der Waals surface area contributed by atoms with Gasteiger partial charge in [0.25, 0.3) is 0 Å². The molecule has 2 heterocycles. The van der Waals surface area contributed by atoms with Gasteiger partial charge in [-0.3, -0.25) is 4.79 Å². The molecule has 0 aromatic heterocycles. The molecule has 2 aliphatic heterocycles. The zero-order valence-electron chi connectivity index (χ0n) is 12.7. The number of carbonyl (C=O) groups excluding carboxylic acids is 1. The van der Waals surface area contributed by atoms with Crippen LogP contribution < -0.4 is 5.32 Å². The highest BCUT2D eigenvalue weighted by Crippen LogP contribution is 2.33. The van der Waals surface area contributed by atoms with Gasteiger partial charge in [-0.15, -0.1) is 0 Å². The Balaban J connectivity index is 1.96. The van der Waals surface area contributed by atoms with Gasteiger partial charge < -0.3 is 15.1 Å². The van der Waals surface area contributed by atoms with E-state index in [1.165, 1.54) is 0 Å². The third kappa shape index (κ3) is 3.11. The molecule has 0 spiro atoms. The minimum atomic E-state index is -0.122. The molecule has 1 N–H and O–H groups in total. The van der Waals surface area contributed by atoms with Gasteiger partial charge in [0.1, 0.15) is 0 Å². The van der Waals surface area contributed by atoms with Crippen molar-refractivity contribution in [3.63, 3.8) is 0 Å². The molecule has 19 heavy (non-hydrogen) atoms. The first-order chi connectivity index (χ1) is 9.09. The van der Waals surface area contributed by atoms with E-state index in [0.29, 0.717) is 11.9 Å². The first kappa shape index (κ1) is 14.8. The van der Waals surface area contributed by atoms with Crippen molar-refractivity contribution in [1.29, 1.82) is 0 Å². The Morgan fingerprint density at radius 2 is 2.05 bits per heavy atom. The van der Waals surface area contributed by atoms with Crippen molar-refractivity contribution in [2.45, 2.75) is 45.1 Å². The summed E-state index contributed by atoms with van der Waals surface area (Å²) in [7, 11) is 4.28. The molecule has 1 unspecified atom stereocenters. The zero-order chi connectivity index (χ0) is 13.9. The van der Waals surface area contributed by atoms with Gasteiger partial charge in [0, 0.05) is 25.7 Å². The third-order valence-corrected chi connectivity index (χ3v) is 5.08. The van der Waals surface area contributed by atoms with Crippen LogP contribution in [0, 0.1) is 5.41 Å². The summed E-state index contributed by atoms with van der Waals surface area (Å²) in [6, 6.07) is 0.645. The summed E-state index contributed by atoms with van der Waals surface area (Å²) in [5.41, 5.74) is -0.122. The molecule has 110 valence electrons. The van der Waals surface area contributed by atoms with Crippen LogP contribution in [-0.4, -0.2) is 62.0 Å². The van der Waals surface area contributed by atoms with E-state index in [-0.39, 0.29) is 5.41 Å². The molecular formula is C15H29N3O. The van der Waals surface area contributed by atoms with E-state index < -0.39 is 0 Å². The molecule has 0 radical (unpaired) electrons. The molecule has 0 saturated carbocycles. The average molecular weight is 267 g/mol. The van der Waals surface area contributed by atoms with E-state index >= 15 is 0 Å². The van der Waals surface area contributed by atoms with Gasteiger partial charge in [-0.25, -0.2) is 0 Å². The third-order valence-electron chi connectivity index (χ3n) is 5.08. The van der Waals surface area contributed by atoms with Gasteiger partial charge in [0.15, 0.2) is 0 Å². The Hall–Kier alpha value is -0.610. The number of piperidine rings is 2. The molecule has 2 saturated heterocycles. The molecule has 2 aliphatic rings. The standard InChI is InChI=1S/C15H29N3O/c1-4-15(8-5-9-16-12-15)14(19)18-10-6-13(7-11-18)17(2)3/h13,16H,4-12H2,1-3H3. The minimum Gasteiger partial charge on any atom is -0.342 e. The molecule has 1 amide bonds. The molecule has 1 atom stereocenters. The molecule has 4 nitrogen and oxygen atoms in total. The van der Waals surface area contributed by atoms with E-state index in [1.807, 2.05) is 0 Å². The Morgan fingerprint density at radius 3 is 2.53 bits per heavy atom. The maximum Gasteiger partial charge on any atom is 0.230 e. The largest absolute Gasteiger partial charge is 0.342 e. The van der Waals surface area contributed by atoms with E-state index in [1.54, 1.807) is 0 Å². The number of nitrogens with one attached hydrogen (secondary N) is 1. The van der Waals surface area contributed by atoms with E-state index in [9.17, 15) is 4.79 Å². The lowest BCUT2D eigenvalue weighted by molar-refractivity contribution is -0.145. The predicted molar refractivity (Wildman–Crippen MR) is 78.1 cm³/mol. The highest BCUT2D eigenvalue weighted by Gasteiger charge is 2.41. The number of hydrogen-bond donors (Lipinski definition) is 1.